The maximum Gasteiger partial charge on any atom is 0.301 e. The minimum atomic E-state index is -0.838. The number of nitrogens with zero attached hydrogens (tertiary/aromatic N) is 2. The number of thiazole rings is 1. The molecule has 1 aliphatic heterocycles. The normalized spacial score (nSPS) is 17.3. The van der Waals surface area contributed by atoms with E-state index in [-0.39, 0.29) is 11.3 Å². The van der Waals surface area contributed by atoms with Crippen molar-refractivity contribution < 1.29 is 19.4 Å². The molecule has 35 heavy (non-hydrogen) atoms. The number of aliphatic hydroxyl groups excluding tert-OH is 1. The molecule has 1 saturated heterocycles. The molecule has 1 aliphatic rings. The Morgan fingerprint density at radius 1 is 1.11 bits per heavy atom. The van der Waals surface area contributed by atoms with E-state index in [1.54, 1.807) is 24.3 Å². The summed E-state index contributed by atoms with van der Waals surface area (Å²) in [6.45, 7) is 2.44. The second-order valence-electron chi connectivity index (χ2n) is 7.79. The number of aliphatic hydroxyl groups is 1. The number of anilines is 1. The topological polar surface area (TPSA) is 79.7 Å². The van der Waals surface area contributed by atoms with Crippen LogP contribution in [-0.4, -0.2) is 28.4 Å². The summed E-state index contributed by atoms with van der Waals surface area (Å²) in [4.78, 5) is 32.7. The Hall–Kier alpha value is -2.95. The van der Waals surface area contributed by atoms with Gasteiger partial charge >= 0.3 is 5.91 Å². The third kappa shape index (κ3) is 4.41. The summed E-state index contributed by atoms with van der Waals surface area (Å²) >= 11 is 9.48. The number of hydrogen-bond acceptors (Lipinski definition) is 6. The number of amides is 1. The molecule has 0 radical (unpaired) electrons. The Morgan fingerprint density at radius 2 is 1.83 bits per heavy atom. The zero-order valence-electron chi connectivity index (χ0n) is 18.4. The Bertz CT molecular complexity index is 1480. The minimum absolute atomic E-state index is 0.00721. The maximum absolute atomic E-state index is 13.4. The monoisotopic (exact) mass is 616 g/mol. The third-order valence-electron chi connectivity index (χ3n) is 5.61. The van der Waals surface area contributed by atoms with Crippen molar-refractivity contribution in [2.24, 2.45) is 0 Å². The fourth-order valence-electron chi connectivity index (χ4n) is 4.01. The van der Waals surface area contributed by atoms with Crippen LogP contribution in [0.4, 0.5) is 5.13 Å². The minimum Gasteiger partial charge on any atom is -0.507 e. The number of carbonyl (C=O) groups is 2. The zero-order chi connectivity index (χ0) is 24.7. The van der Waals surface area contributed by atoms with E-state index >= 15 is 0 Å². The lowest BCUT2D eigenvalue weighted by molar-refractivity contribution is -0.132. The van der Waals surface area contributed by atoms with Crippen molar-refractivity contribution >= 4 is 78.3 Å². The van der Waals surface area contributed by atoms with Crippen molar-refractivity contribution in [2.45, 2.75) is 13.0 Å². The number of ketones is 1. The van der Waals surface area contributed by atoms with Crippen LogP contribution in [0.15, 0.2) is 72.3 Å². The molecule has 1 fully saturated rings. The van der Waals surface area contributed by atoms with Gasteiger partial charge in [-0.2, -0.15) is 0 Å². The largest absolute Gasteiger partial charge is 0.507 e. The second kappa shape index (κ2) is 9.60. The standard InChI is InChI=1S/C26H18ClIN2O4S/c1-2-34-18-11-12-19-20(13-18)35-26(29-19)30-22(14-5-9-17(28)10-6-14)21(24(32)25(30)33)23(31)15-3-7-16(27)8-4-15/h3-13,22,31H,2H2,1H3/b23-21+. The molecule has 176 valence electrons. The van der Waals surface area contributed by atoms with E-state index in [2.05, 4.69) is 27.6 Å². The number of halogens is 2. The first-order valence-electron chi connectivity index (χ1n) is 10.7. The molecule has 6 nitrogen and oxygen atoms in total. The van der Waals surface area contributed by atoms with Crippen LogP contribution in [0.3, 0.4) is 0 Å². The molecule has 1 unspecified atom stereocenters. The number of hydrogen-bond donors (Lipinski definition) is 1. The number of benzene rings is 3. The van der Waals surface area contributed by atoms with Gasteiger partial charge in [0.25, 0.3) is 5.78 Å². The van der Waals surface area contributed by atoms with Gasteiger partial charge in [0.1, 0.15) is 11.5 Å². The van der Waals surface area contributed by atoms with Crippen LogP contribution in [0.25, 0.3) is 16.0 Å². The molecule has 5 rings (SSSR count). The average molecular weight is 617 g/mol. The summed E-state index contributed by atoms with van der Waals surface area (Å²) in [6.07, 6.45) is 0. The van der Waals surface area contributed by atoms with Crippen LogP contribution in [0, 0.1) is 3.57 Å². The fraction of sp³-hybridized carbons (Fsp3) is 0.115. The quantitative estimate of drug-likeness (QED) is 0.119. The van der Waals surface area contributed by atoms with Crippen molar-refractivity contribution in [2.75, 3.05) is 11.5 Å². The Balaban J connectivity index is 1.69. The molecule has 4 aromatic rings. The van der Waals surface area contributed by atoms with Gasteiger partial charge in [-0.25, -0.2) is 4.98 Å². The van der Waals surface area contributed by atoms with Gasteiger partial charge < -0.3 is 9.84 Å². The van der Waals surface area contributed by atoms with Crippen LogP contribution >= 0.6 is 45.5 Å². The number of aromatic nitrogens is 1. The van der Waals surface area contributed by atoms with Crippen LogP contribution < -0.4 is 9.64 Å². The van der Waals surface area contributed by atoms with E-state index in [9.17, 15) is 14.7 Å². The van der Waals surface area contributed by atoms with Crippen molar-refractivity contribution in [3.8, 4) is 5.75 Å². The first kappa shape index (κ1) is 23.8. The van der Waals surface area contributed by atoms with E-state index in [0.29, 0.717) is 39.2 Å². The van der Waals surface area contributed by atoms with Gasteiger partial charge in [0.05, 0.1) is 28.4 Å². The van der Waals surface area contributed by atoms with Crippen LogP contribution in [0.1, 0.15) is 24.1 Å². The summed E-state index contributed by atoms with van der Waals surface area (Å²) in [5, 5.41) is 12.1. The first-order valence-corrected chi connectivity index (χ1v) is 13.0. The molecule has 1 amide bonds. The molecular formula is C26H18ClIN2O4S. The van der Waals surface area contributed by atoms with E-state index in [1.807, 2.05) is 49.4 Å². The number of carbonyl (C=O) groups excluding carboxylic acids is 2. The molecular weight excluding hydrogens is 599 g/mol. The summed E-state index contributed by atoms with van der Waals surface area (Å²) in [6, 6.07) is 18.6. The zero-order valence-corrected chi connectivity index (χ0v) is 22.1. The molecule has 3 aromatic carbocycles. The lowest BCUT2D eigenvalue weighted by Crippen LogP contribution is -2.29. The Kier molecular flexibility index (Phi) is 6.52. The summed E-state index contributed by atoms with van der Waals surface area (Å²) in [5.74, 6) is -1.07. The van der Waals surface area contributed by atoms with Gasteiger partial charge in [-0.3, -0.25) is 14.5 Å². The predicted octanol–water partition coefficient (Wildman–Crippen LogP) is 6.58. The second-order valence-corrected chi connectivity index (χ2v) is 10.5. The molecule has 0 aliphatic carbocycles. The first-order chi connectivity index (χ1) is 16.9. The average Bonchev–Trinajstić information content (AvgIpc) is 3.38. The molecule has 2 heterocycles. The molecule has 0 bridgehead atoms. The molecule has 1 atom stereocenters. The van der Waals surface area contributed by atoms with E-state index in [1.165, 1.54) is 16.2 Å². The molecule has 0 saturated carbocycles. The number of rotatable bonds is 5. The number of ether oxygens (including phenoxy) is 1. The summed E-state index contributed by atoms with van der Waals surface area (Å²) < 4.78 is 7.42. The van der Waals surface area contributed by atoms with Gasteiger partial charge in [-0.05, 0) is 89.7 Å². The maximum atomic E-state index is 13.4. The SMILES string of the molecule is CCOc1ccc2nc(N3C(=O)C(=O)/C(=C(/O)c4ccc(Cl)cc4)C3c3ccc(I)cc3)sc2c1. The molecule has 9 heteroatoms. The van der Waals surface area contributed by atoms with E-state index < -0.39 is 17.7 Å². The fourth-order valence-corrected chi connectivity index (χ4v) is 5.51. The van der Waals surface area contributed by atoms with E-state index in [4.69, 9.17) is 16.3 Å². The molecule has 1 aromatic heterocycles. The van der Waals surface area contributed by atoms with Gasteiger partial charge in [-0.1, -0.05) is 35.1 Å². The number of fused-ring (bicyclic) bond motifs is 1. The Labute approximate surface area is 224 Å². The highest BCUT2D eigenvalue weighted by Crippen LogP contribution is 2.44. The van der Waals surface area contributed by atoms with E-state index in [0.717, 1.165) is 8.27 Å². The number of Topliss-reactive ketones (excluding diaryl/α,β-unsaturated/α-hetero) is 1. The highest BCUT2D eigenvalue weighted by Gasteiger charge is 2.48. The van der Waals surface area contributed by atoms with Gasteiger partial charge in [0.2, 0.25) is 0 Å². The summed E-state index contributed by atoms with van der Waals surface area (Å²) in [7, 11) is 0. The van der Waals surface area contributed by atoms with Gasteiger partial charge in [0.15, 0.2) is 5.13 Å². The predicted molar refractivity (Wildman–Crippen MR) is 146 cm³/mol. The van der Waals surface area contributed by atoms with Gasteiger partial charge in [0, 0.05) is 14.2 Å². The van der Waals surface area contributed by atoms with Crippen molar-refractivity contribution in [1.82, 2.24) is 4.98 Å². The molecule has 0 spiro atoms. The van der Waals surface area contributed by atoms with Crippen molar-refractivity contribution in [1.29, 1.82) is 0 Å². The third-order valence-corrected chi connectivity index (χ3v) is 7.60. The highest BCUT2D eigenvalue weighted by molar-refractivity contribution is 14.1. The highest BCUT2D eigenvalue weighted by atomic mass is 127. The van der Waals surface area contributed by atoms with Gasteiger partial charge in [-0.15, -0.1) is 0 Å². The molecule has 1 N–H and O–H groups in total. The van der Waals surface area contributed by atoms with Crippen LogP contribution in [0.5, 0.6) is 5.75 Å². The van der Waals surface area contributed by atoms with Crippen LogP contribution in [-0.2, 0) is 9.59 Å². The summed E-state index contributed by atoms with van der Waals surface area (Å²) in [5.41, 5.74) is 1.78. The Morgan fingerprint density at radius 3 is 2.51 bits per heavy atom. The van der Waals surface area contributed by atoms with Crippen molar-refractivity contribution in [3.63, 3.8) is 0 Å². The van der Waals surface area contributed by atoms with Crippen molar-refractivity contribution in [3.05, 3.63) is 92.0 Å². The van der Waals surface area contributed by atoms with Crippen LogP contribution in [0.2, 0.25) is 5.02 Å². The lowest BCUT2D eigenvalue weighted by atomic mass is 9.95. The lowest BCUT2D eigenvalue weighted by Gasteiger charge is -2.23. The smallest absolute Gasteiger partial charge is 0.301 e.